The van der Waals surface area contributed by atoms with Gasteiger partial charge in [-0.15, -0.1) is 6.42 Å². The third-order valence-electron chi connectivity index (χ3n) is 3.98. The lowest BCUT2D eigenvalue weighted by Crippen LogP contribution is -2.41. The van der Waals surface area contributed by atoms with Crippen LogP contribution in [0.3, 0.4) is 0 Å². The summed E-state index contributed by atoms with van der Waals surface area (Å²) < 4.78 is 32.6. The van der Waals surface area contributed by atoms with E-state index in [0.29, 0.717) is 11.1 Å². The zero-order valence-corrected chi connectivity index (χ0v) is 16.4. The predicted octanol–water partition coefficient (Wildman–Crippen LogP) is 0.880. The van der Waals surface area contributed by atoms with Gasteiger partial charge < -0.3 is 10.1 Å². The van der Waals surface area contributed by atoms with Gasteiger partial charge in [-0.05, 0) is 56.9 Å². The van der Waals surface area contributed by atoms with Crippen molar-refractivity contribution < 1.29 is 22.7 Å². The highest BCUT2D eigenvalue weighted by Gasteiger charge is 2.27. The van der Waals surface area contributed by atoms with Gasteiger partial charge in [0.2, 0.25) is 10.0 Å². The Morgan fingerprint density at radius 2 is 1.73 bits per heavy atom. The molecule has 7 nitrogen and oxygen atoms in total. The first kappa shape index (κ1) is 21.7. The largest absolute Gasteiger partial charge is 0.454 e. The second-order valence-electron chi connectivity index (χ2n) is 6.02. The van der Waals surface area contributed by atoms with Crippen molar-refractivity contribution in [1.29, 1.82) is 0 Å². The predicted molar refractivity (Wildman–Crippen MR) is 98.0 cm³/mol. The standard InChI is InChI=1S/C18H24N2O5S/c1-7-8-19-16(21)10-25-18(22)15(6)20-26(23,24)17-13(4)11(2)9-12(3)14(17)5/h1,9,15,20H,8,10H2,2-6H3,(H,19,21). The van der Waals surface area contributed by atoms with E-state index in [1.807, 2.05) is 19.9 Å². The van der Waals surface area contributed by atoms with E-state index in [0.717, 1.165) is 11.1 Å². The van der Waals surface area contributed by atoms with Crippen molar-refractivity contribution in [3.63, 3.8) is 0 Å². The zero-order valence-electron chi connectivity index (χ0n) is 15.6. The van der Waals surface area contributed by atoms with E-state index in [9.17, 15) is 18.0 Å². The molecule has 1 amide bonds. The zero-order chi connectivity index (χ0) is 20.1. The number of nitrogens with one attached hydrogen (secondary N) is 2. The molecule has 0 aliphatic heterocycles. The first-order chi connectivity index (χ1) is 12.0. The molecule has 0 fully saturated rings. The van der Waals surface area contributed by atoms with Gasteiger partial charge in [-0.2, -0.15) is 4.72 Å². The molecule has 0 aliphatic carbocycles. The van der Waals surface area contributed by atoms with Crippen molar-refractivity contribution in [2.75, 3.05) is 13.2 Å². The van der Waals surface area contributed by atoms with Crippen LogP contribution in [0.2, 0.25) is 0 Å². The van der Waals surface area contributed by atoms with E-state index in [1.54, 1.807) is 13.8 Å². The normalized spacial score (nSPS) is 12.2. The van der Waals surface area contributed by atoms with Crippen LogP contribution in [-0.2, 0) is 24.3 Å². The molecule has 1 aromatic rings. The van der Waals surface area contributed by atoms with Gasteiger partial charge in [0.1, 0.15) is 6.04 Å². The highest BCUT2D eigenvalue weighted by molar-refractivity contribution is 7.89. The molecule has 1 aromatic carbocycles. The minimum absolute atomic E-state index is 0.0177. The van der Waals surface area contributed by atoms with Crippen molar-refractivity contribution in [3.8, 4) is 12.3 Å². The molecule has 26 heavy (non-hydrogen) atoms. The molecule has 2 N–H and O–H groups in total. The fourth-order valence-electron chi connectivity index (χ4n) is 2.39. The van der Waals surface area contributed by atoms with Gasteiger partial charge in [-0.1, -0.05) is 12.0 Å². The summed E-state index contributed by atoms with van der Waals surface area (Å²) in [6.45, 7) is 7.93. The highest BCUT2D eigenvalue weighted by Crippen LogP contribution is 2.26. The van der Waals surface area contributed by atoms with Crippen LogP contribution in [0.5, 0.6) is 0 Å². The van der Waals surface area contributed by atoms with Crippen molar-refractivity contribution >= 4 is 21.9 Å². The van der Waals surface area contributed by atoms with Gasteiger partial charge in [-0.3, -0.25) is 9.59 Å². The summed E-state index contributed by atoms with van der Waals surface area (Å²) >= 11 is 0. The Kier molecular flexibility index (Phi) is 7.36. The summed E-state index contributed by atoms with van der Waals surface area (Å²) in [4.78, 5) is 23.5. The van der Waals surface area contributed by atoms with Gasteiger partial charge in [-0.25, -0.2) is 8.42 Å². The van der Waals surface area contributed by atoms with Crippen molar-refractivity contribution in [1.82, 2.24) is 10.0 Å². The number of carbonyl (C=O) groups is 2. The number of esters is 1. The Morgan fingerprint density at radius 3 is 2.23 bits per heavy atom. The topological polar surface area (TPSA) is 102 Å². The number of aryl methyl sites for hydroxylation is 2. The number of terminal acetylenes is 1. The van der Waals surface area contributed by atoms with Crippen molar-refractivity contribution in [2.24, 2.45) is 0 Å². The van der Waals surface area contributed by atoms with Crippen molar-refractivity contribution in [3.05, 3.63) is 28.3 Å². The molecule has 0 spiro atoms. The number of amides is 1. The van der Waals surface area contributed by atoms with Crippen LogP contribution in [0.15, 0.2) is 11.0 Å². The minimum atomic E-state index is -3.94. The molecule has 0 saturated heterocycles. The Hall–Kier alpha value is -2.37. The summed E-state index contributed by atoms with van der Waals surface area (Å²) in [6, 6.07) is 0.760. The van der Waals surface area contributed by atoms with Crippen LogP contribution in [-0.4, -0.2) is 39.5 Å². The van der Waals surface area contributed by atoms with Gasteiger partial charge in [0.05, 0.1) is 11.4 Å². The molecule has 0 bridgehead atoms. The lowest BCUT2D eigenvalue weighted by Gasteiger charge is -2.18. The molecule has 0 heterocycles. The summed E-state index contributed by atoms with van der Waals surface area (Å²) in [6.07, 6.45) is 5.00. The summed E-state index contributed by atoms with van der Waals surface area (Å²) in [5.74, 6) is 0.794. The number of sulfonamides is 1. The quantitative estimate of drug-likeness (QED) is 0.540. The fourth-order valence-corrected chi connectivity index (χ4v) is 4.19. The van der Waals surface area contributed by atoms with Crippen LogP contribution >= 0.6 is 0 Å². The van der Waals surface area contributed by atoms with E-state index in [4.69, 9.17) is 11.2 Å². The summed E-state index contributed by atoms with van der Waals surface area (Å²) in [5, 5.41) is 2.34. The maximum absolute atomic E-state index is 12.8. The van der Waals surface area contributed by atoms with Gasteiger partial charge in [0.15, 0.2) is 6.61 Å². The average molecular weight is 380 g/mol. The lowest BCUT2D eigenvalue weighted by molar-refractivity contribution is -0.149. The van der Waals surface area contributed by atoms with E-state index < -0.39 is 34.5 Å². The molecule has 1 atom stereocenters. The van der Waals surface area contributed by atoms with Gasteiger partial charge in [0.25, 0.3) is 5.91 Å². The maximum Gasteiger partial charge on any atom is 0.324 e. The number of carbonyl (C=O) groups excluding carboxylic acids is 2. The Bertz CT molecular complexity index is 827. The summed E-state index contributed by atoms with van der Waals surface area (Å²) in [7, 11) is -3.94. The van der Waals surface area contributed by atoms with E-state index >= 15 is 0 Å². The smallest absolute Gasteiger partial charge is 0.324 e. The van der Waals surface area contributed by atoms with Crippen LogP contribution in [0.4, 0.5) is 0 Å². The van der Waals surface area contributed by atoms with Crippen LogP contribution in [0.25, 0.3) is 0 Å². The molecule has 8 heteroatoms. The molecular weight excluding hydrogens is 356 g/mol. The van der Waals surface area contributed by atoms with Crippen molar-refractivity contribution in [2.45, 2.75) is 45.6 Å². The Balaban J connectivity index is 2.89. The highest BCUT2D eigenvalue weighted by atomic mass is 32.2. The van der Waals surface area contributed by atoms with Crippen LogP contribution in [0, 0.1) is 40.0 Å². The second kappa shape index (κ2) is 8.83. The van der Waals surface area contributed by atoms with Crippen LogP contribution < -0.4 is 10.0 Å². The van der Waals surface area contributed by atoms with E-state index in [1.165, 1.54) is 6.92 Å². The number of rotatable bonds is 7. The maximum atomic E-state index is 12.8. The number of ether oxygens (including phenoxy) is 1. The lowest BCUT2D eigenvalue weighted by atomic mass is 10.0. The van der Waals surface area contributed by atoms with E-state index in [-0.39, 0.29) is 11.4 Å². The van der Waals surface area contributed by atoms with Gasteiger partial charge >= 0.3 is 5.97 Å². The number of benzene rings is 1. The minimum Gasteiger partial charge on any atom is -0.454 e. The number of hydrogen-bond acceptors (Lipinski definition) is 5. The van der Waals surface area contributed by atoms with Crippen LogP contribution in [0.1, 0.15) is 29.2 Å². The molecular formula is C18H24N2O5S. The van der Waals surface area contributed by atoms with E-state index in [2.05, 4.69) is 16.0 Å². The molecule has 0 aliphatic rings. The molecule has 0 radical (unpaired) electrons. The fraction of sp³-hybridized carbons (Fsp3) is 0.444. The molecule has 1 unspecified atom stereocenters. The third-order valence-corrected chi connectivity index (χ3v) is 5.80. The monoisotopic (exact) mass is 380 g/mol. The molecule has 0 saturated carbocycles. The molecule has 142 valence electrons. The third kappa shape index (κ3) is 5.31. The average Bonchev–Trinajstić information content (AvgIpc) is 2.55. The Morgan fingerprint density at radius 1 is 1.19 bits per heavy atom. The summed E-state index contributed by atoms with van der Waals surface area (Å²) in [5.41, 5.74) is 2.92. The SMILES string of the molecule is C#CCNC(=O)COC(=O)C(C)NS(=O)(=O)c1c(C)c(C)cc(C)c1C. The molecule has 0 aromatic heterocycles. The number of hydrogen-bond donors (Lipinski definition) is 2. The first-order valence-electron chi connectivity index (χ1n) is 7.97. The Labute approximate surface area is 154 Å². The second-order valence-corrected chi connectivity index (χ2v) is 7.67. The molecule has 1 rings (SSSR count). The van der Waals surface area contributed by atoms with Gasteiger partial charge in [0, 0.05) is 0 Å². The first-order valence-corrected chi connectivity index (χ1v) is 9.46.